The summed E-state index contributed by atoms with van der Waals surface area (Å²) >= 11 is 0. The van der Waals surface area contributed by atoms with Crippen molar-refractivity contribution in [3.05, 3.63) is 207 Å². The second-order valence-corrected chi connectivity index (χ2v) is 16.9. The number of aromatic nitrogens is 1. The lowest BCUT2D eigenvalue weighted by atomic mass is 10.2. The van der Waals surface area contributed by atoms with Gasteiger partial charge < -0.3 is 4.57 Å². The van der Waals surface area contributed by atoms with Crippen LogP contribution in [-0.4, -0.2) is 17.8 Å². The summed E-state index contributed by atoms with van der Waals surface area (Å²) in [6.45, 7) is 0. The van der Waals surface area contributed by atoms with Gasteiger partial charge in [0.2, 0.25) is 0 Å². The molecule has 7 aromatic carbocycles. The second-order valence-electron chi connectivity index (χ2n) is 13.1. The van der Waals surface area contributed by atoms with Gasteiger partial charge in [-0.15, -0.1) is 0 Å². The first-order valence-corrected chi connectivity index (χ1v) is 19.5. The van der Waals surface area contributed by atoms with Crippen LogP contribution in [0, 0.1) is 0 Å². The lowest BCUT2D eigenvalue weighted by molar-refractivity contribution is 0.408. The molecule has 2 aliphatic heterocycles. The molecule has 0 unspecified atom stereocenters. The molecule has 0 N–H and O–H groups in total. The van der Waals surface area contributed by atoms with Gasteiger partial charge in [-0.2, -0.15) is 5.12 Å². The Morgan fingerprint density at radius 3 is 1.41 bits per heavy atom. The van der Waals surface area contributed by atoms with Crippen molar-refractivity contribution in [3.63, 3.8) is 0 Å². The molecule has 10 rings (SSSR count). The Morgan fingerprint density at radius 1 is 0.373 bits per heavy atom. The van der Waals surface area contributed by atoms with E-state index in [1.807, 2.05) is 0 Å². The summed E-state index contributed by atoms with van der Waals surface area (Å²) in [7, 11) is -2.62. The first-order chi connectivity index (χ1) is 25.3. The molecule has 0 aliphatic carbocycles. The zero-order chi connectivity index (χ0) is 33.8. The molecular weight excluding hydrogens is 637 g/mol. The van der Waals surface area contributed by atoms with Gasteiger partial charge in [-0.05, 0) is 75.4 Å². The van der Waals surface area contributed by atoms with E-state index < -0.39 is 8.07 Å². The van der Waals surface area contributed by atoms with Crippen LogP contribution in [0.25, 0.3) is 27.5 Å². The summed E-state index contributed by atoms with van der Waals surface area (Å²) in [6, 6.07) is 66.8. The average Bonchev–Trinajstić information content (AvgIpc) is 3.72. The number of para-hydroxylation sites is 2. The van der Waals surface area contributed by atoms with E-state index in [1.165, 1.54) is 42.6 Å². The van der Waals surface area contributed by atoms with E-state index in [-0.39, 0.29) is 0 Å². The molecule has 2 aliphatic rings. The highest BCUT2D eigenvalue weighted by molar-refractivity contribution is 7.19. The smallest absolute Gasteiger partial charge is 0.179 e. The predicted molar refractivity (Wildman–Crippen MR) is 216 cm³/mol. The second kappa shape index (κ2) is 11.8. The third-order valence-electron chi connectivity index (χ3n) is 10.4. The number of fused-ring (bicyclic) bond motifs is 6. The molecule has 0 spiro atoms. The molecule has 3 heterocycles. The number of nitrogens with zero attached hydrogens (tertiary/aromatic N) is 4. The van der Waals surface area contributed by atoms with Gasteiger partial charge >= 0.3 is 0 Å². The lowest BCUT2D eigenvalue weighted by Crippen LogP contribution is -2.74. The summed E-state index contributed by atoms with van der Waals surface area (Å²) in [6.07, 6.45) is 8.46. The molecule has 51 heavy (non-hydrogen) atoms. The molecule has 4 nitrogen and oxygen atoms in total. The summed E-state index contributed by atoms with van der Waals surface area (Å²) in [4.78, 5) is 0. The van der Waals surface area contributed by atoms with E-state index in [1.54, 1.807) is 0 Å². The molecule has 0 amide bonds. The van der Waals surface area contributed by atoms with Crippen molar-refractivity contribution in [2.45, 2.75) is 0 Å². The Kier molecular flexibility index (Phi) is 6.79. The quantitative estimate of drug-likeness (QED) is 0.131. The van der Waals surface area contributed by atoms with E-state index >= 15 is 0 Å². The predicted octanol–water partition coefficient (Wildman–Crippen LogP) is 8.29. The van der Waals surface area contributed by atoms with Crippen molar-refractivity contribution in [2.75, 3.05) is 10.0 Å². The van der Waals surface area contributed by atoms with E-state index in [2.05, 4.69) is 226 Å². The first kappa shape index (κ1) is 29.4. The molecule has 1 aromatic heterocycles. The molecule has 0 atom stereocenters. The fourth-order valence-corrected chi connectivity index (χ4v) is 13.0. The Balaban J connectivity index is 1.12. The Morgan fingerprint density at radius 2 is 0.843 bits per heavy atom. The maximum Gasteiger partial charge on any atom is 0.179 e. The normalized spacial score (nSPS) is 13.6. The summed E-state index contributed by atoms with van der Waals surface area (Å²) in [5.41, 5.74) is 6.90. The van der Waals surface area contributed by atoms with Crippen molar-refractivity contribution in [2.24, 2.45) is 0 Å². The summed E-state index contributed by atoms with van der Waals surface area (Å²) in [5, 5.41) is 14.7. The van der Waals surface area contributed by atoms with Crippen molar-refractivity contribution in [1.82, 2.24) is 9.69 Å². The zero-order valence-electron chi connectivity index (χ0n) is 27.9. The van der Waals surface area contributed by atoms with Crippen LogP contribution in [0.3, 0.4) is 0 Å². The highest BCUT2D eigenvalue weighted by atomic mass is 28.3. The highest BCUT2D eigenvalue weighted by Gasteiger charge is 2.42. The fourth-order valence-electron chi connectivity index (χ4n) is 8.25. The van der Waals surface area contributed by atoms with E-state index in [9.17, 15) is 0 Å². The van der Waals surface area contributed by atoms with Gasteiger partial charge in [0.15, 0.2) is 8.07 Å². The van der Waals surface area contributed by atoms with Crippen LogP contribution >= 0.6 is 0 Å². The third-order valence-corrected chi connectivity index (χ3v) is 15.2. The fraction of sp³-hybridized carbons (Fsp3) is 0. The lowest BCUT2D eigenvalue weighted by Gasteiger charge is -2.36. The number of hydrazine groups is 2. The molecule has 0 bridgehead atoms. The van der Waals surface area contributed by atoms with Crippen LogP contribution in [0.4, 0.5) is 17.1 Å². The summed E-state index contributed by atoms with van der Waals surface area (Å²) in [5.74, 6) is 0. The van der Waals surface area contributed by atoms with Crippen LogP contribution in [0.2, 0.25) is 0 Å². The molecule has 242 valence electrons. The number of hydrogen-bond donors (Lipinski definition) is 0. The number of hydrogen-bond acceptors (Lipinski definition) is 3. The standard InChI is InChI=1S/C46H34N4Si/c1-4-16-37(17-5-1)51(38-18-6-2-7-19-38,39-20-8-3-9-21-39)40-29-26-35(27-30-40)50-45-31-28-36(34-46(45)47-32-14-15-33-48(47)50)49-43-24-12-10-22-41(43)42-23-11-13-25-44(42)49/h1-34H. The molecule has 0 fully saturated rings. The van der Waals surface area contributed by atoms with Crippen LogP contribution in [0.5, 0.6) is 0 Å². The molecule has 8 aromatic rings. The number of benzene rings is 7. The minimum Gasteiger partial charge on any atom is -0.309 e. The minimum absolute atomic E-state index is 1.10. The van der Waals surface area contributed by atoms with Gasteiger partial charge in [0.1, 0.15) is 0 Å². The number of anilines is 3. The van der Waals surface area contributed by atoms with Crippen LogP contribution in [-0.2, 0) is 0 Å². The average molecular weight is 671 g/mol. The van der Waals surface area contributed by atoms with Crippen molar-refractivity contribution >= 4 is 67.7 Å². The molecule has 5 heteroatoms. The van der Waals surface area contributed by atoms with Gasteiger partial charge in [0.05, 0.1) is 28.1 Å². The molecule has 0 radical (unpaired) electrons. The highest BCUT2D eigenvalue weighted by Crippen LogP contribution is 2.46. The van der Waals surface area contributed by atoms with Crippen LogP contribution in [0.1, 0.15) is 0 Å². The Bertz CT molecular complexity index is 2440. The maximum absolute atomic E-state index is 2.62. The van der Waals surface area contributed by atoms with Gasteiger partial charge in [0, 0.05) is 28.9 Å². The van der Waals surface area contributed by atoms with E-state index in [4.69, 9.17) is 0 Å². The molecular formula is C46H34N4Si. The monoisotopic (exact) mass is 670 g/mol. The van der Waals surface area contributed by atoms with Gasteiger partial charge in [-0.25, -0.2) is 10.0 Å². The first-order valence-electron chi connectivity index (χ1n) is 17.5. The maximum atomic E-state index is 2.39. The van der Waals surface area contributed by atoms with Crippen LogP contribution in [0.15, 0.2) is 207 Å². The Labute approximate surface area is 298 Å². The third kappa shape index (κ3) is 4.45. The van der Waals surface area contributed by atoms with E-state index in [0.29, 0.717) is 0 Å². The largest absolute Gasteiger partial charge is 0.309 e. The van der Waals surface area contributed by atoms with Gasteiger partial charge in [-0.1, -0.05) is 140 Å². The van der Waals surface area contributed by atoms with Crippen molar-refractivity contribution < 1.29 is 0 Å². The number of allylic oxidation sites excluding steroid dienone is 2. The van der Waals surface area contributed by atoms with Crippen molar-refractivity contribution in [1.29, 1.82) is 0 Å². The molecule has 0 saturated heterocycles. The van der Waals surface area contributed by atoms with Crippen molar-refractivity contribution in [3.8, 4) is 5.69 Å². The Hall–Kier alpha value is -6.56. The number of rotatable bonds is 6. The van der Waals surface area contributed by atoms with E-state index in [0.717, 1.165) is 22.7 Å². The van der Waals surface area contributed by atoms with Crippen LogP contribution < -0.4 is 30.8 Å². The topological polar surface area (TPSA) is 14.7 Å². The van der Waals surface area contributed by atoms with Gasteiger partial charge in [-0.3, -0.25) is 0 Å². The minimum atomic E-state index is -2.62. The summed E-state index contributed by atoms with van der Waals surface area (Å²) < 4.78 is 2.39. The SMILES string of the molecule is C1=CN2c3cc(-n4c5ccccc5c5ccccc54)ccc3N(c3ccc([Si](c4ccccc4)(c4ccccc4)c4ccccc4)cc3)N2C=C1. The molecule has 0 saturated carbocycles. The zero-order valence-corrected chi connectivity index (χ0v) is 28.9. The van der Waals surface area contributed by atoms with Gasteiger partial charge in [0.25, 0.3) is 0 Å².